The highest BCUT2D eigenvalue weighted by molar-refractivity contribution is 5.85. The number of carbonyl (C=O) groups excluding carboxylic acids is 1. The molecule has 1 atom stereocenters. The summed E-state index contributed by atoms with van der Waals surface area (Å²) in [6.45, 7) is 5.96. The van der Waals surface area contributed by atoms with Gasteiger partial charge in [-0.15, -0.1) is 0 Å². The van der Waals surface area contributed by atoms with E-state index in [0.29, 0.717) is 32.5 Å². The van der Waals surface area contributed by atoms with Crippen molar-refractivity contribution in [1.82, 2.24) is 9.47 Å². The van der Waals surface area contributed by atoms with E-state index in [2.05, 4.69) is 4.90 Å². The highest BCUT2D eigenvalue weighted by Gasteiger charge is 2.28. The van der Waals surface area contributed by atoms with E-state index in [9.17, 15) is 14.0 Å². The average molecular weight is 363 g/mol. The van der Waals surface area contributed by atoms with Gasteiger partial charge < -0.3 is 19.2 Å². The summed E-state index contributed by atoms with van der Waals surface area (Å²) in [5.41, 5.74) is -0.237. The zero-order valence-electron chi connectivity index (χ0n) is 15.3. The molecule has 1 saturated heterocycles. The van der Waals surface area contributed by atoms with Gasteiger partial charge >= 0.3 is 0 Å². The Morgan fingerprint density at radius 2 is 2.04 bits per heavy atom. The molecule has 2 aromatic rings. The molecule has 1 aromatic carbocycles. The minimum Gasteiger partial charge on any atom is -0.364 e. The first-order valence-corrected chi connectivity index (χ1v) is 8.81. The molecule has 0 N–H and O–H groups in total. The first kappa shape index (κ1) is 18.5. The van der Waals surface area contributed by atoms with Crippen molar-refractivity contribution in [3.8, 4) is 0 Å². The number of fused-ring (bicyclic) bond motifs is 1. The molecule has 5 nitrogen and oxygen atoms in total. The van der Waals surface area contributed by atoms with Crippen molar-refractivity contribution in [2.75, 3.05) is 31.6 Å². The largest absolute Gasteiger partial charge is 0.364 e. The molecule has 7 heteroatoms. The van der Waals surface area contributed by atoms with E-state index >= 15 is 4.39 Å². The Morgan fingerprint density at radius 1 is 1.31 bits per heavy atom. The number of rotatable bonds is 4. The average Bonchev–Trinajstić information content (AvgIpc) is 2.60. The number of anilines is 1. The molecule has 0 aliphatic carbocycles. The Balaban J connectivity index is 2.23. The second-order valence-corrected chi connectivity index (χ2v) is 6.83. The van der Waals surface area contributed by atoms with E-state index in [0.717, 1.165) is 6.07 Å². The van der Waals surface area contributed by atoms with Crippen LogP contribution >= 0.6 is 0 Å². The maximum absolute atomic E-state index is 15.4. The van der Waals surface area contributed by atoms with Crippen LogP contribution in [0.1, 0.15) is 19.4 Å². The summed E-state index contributed by atoms with van der Waals surface area (Å²) in [5, 5.41) is -0.0212. The highest BCUT2D eigenvalue weighted by Crippen LogP contribution is 2.31. The number of aryl methyl sites for hydroxylation is 1. The van der Waals surface area contributed by atoms with Crippen LogP contribution in [0.2, 0.25) is 0 Å². The monoisotopic (exact) mass is 363 g/mol. The summed E-state index contributed by atoms with van der Waals surface area (Å²) >= 11 is 0. The topological polar surface area (TPSA) is 45.6 Å². The zero-order valence-corrected chi connectivity index (χ0v) is 15.3. The van der Waals surface area contributed by atoms with Crippen molar-refractivity contribution in [2.24, 2.45) is 0 Å². The Hall–Kier alpha value is -2.28. The van der Waals surface area contributed by atoms with Crippen LogP contribution in [0, 0.1) is 11.6 Å². The van der Waals surface area contributed by atoms with Crippen molar-refractivity contribution < 1.29 is 13.6 Å². The quantitative estimate of drug-likeness (QED) is 0.781. The molecule has 1 aliphatic rings. The zero-order chi connectivity index (χ0) is 19.0. The summed E-state index contributed by atoms with van der Waals surface area (Å²) in [6.07, 6.45) is 2.04. The third kappa shape index (κ3) is 3.00. The first-order valence-electron chi connectivity index (χ1n) is 8.81. The predicted octanol–water partition coefficient (Wildman–Crippen LogP) is 2.18. The van der Waals surface area contributed by atoms with Gasteiger partial charge in [-0.1, -0.05) is 0 Å². The molecular weight excluding hydrogens is 340 g/mol. The van der Waals surface area contributed by atoms with Crippen LogP contribution in [0.4, 0.5) is 14.5 Å². The Morgan fingerprint density at radius 3 is 2.65 bits per heavy atom. The van der Waals surface area contributed by atoms with E-state index in [4.69, 9.17) is 0 Å². The molecule has 0 amide bonds. The minimum absolute atomic E-state index is 0.0212. The van der Waals surface area contributed by atoms with Gasteiger partial charge in [0.05, 0.1) is 10.9 Å². The van der Waals surface area contributed by atoms with Crippen LogP contribution in [0.25, 0.3) is 10.9 Å². The number of likely N-dealkylation sites (N-methyl/N-ethyl adjacent to an activating group) is 1. The number of nitrogens with zero attached hydrogens (tertiary/aromatic N) is 3. The summed E-state index contributed by atoms with van der Waals surface area (Å²) in [5.74, 6) is -1.46. The van der Waals surface area contributed by atoms with Crippen LogP contribution in [0.15, 0.2) is 17.1 Å². The molecule has 0 bridgehead atoms. The first-order chi connectivity index (χ1) is 12.4. The van der Waals surface area contributed by atoms with Gasteiger partial charge in [0.25, 0.3) is 0 Å². The number of aromatic nitrogens is 1. The Labute approximate surface area is 150 Å². The molecule has 1 aliphatic heterocycles. The van der Waals surface area contributed by atoms with Crippen LogP contribution in [0.5, 0.6) is 0 Å². The summed E-state index contributed by atoms with van der Waals surface area (Å²) in [7, 11) is 1.98. The lowest BCUT2D eigenvalue weighted by Crippen LogP contribution is -2.50. The standard InChI is InChI=1S/C19H23F2N3O2/c1-4-23-11-13(5-8-25)19(26)14-9-15(20)18(16(21)17(14)23)24-7-6-22(3)12(2)10-24/h8-9,11-12H,4-7,10H2,1-3H3. The Kier molecular flexibility index (Phi) is 5.09. The molecule has 2 heterocycles. The van der Waals surface area contributed by atoms with Gasteiger partial charge in [0.15, 0.2) is 11.2 Å². The Bertz CT molecular complexity index is 910. The molecule has 3 rings (SSSR count). The fourth-order valence-electron chi connectivity index (χ4n) is 3.56. The van der Waals surface area contributed by atoms with Crippen LogP contribution in [0.3, 0.4) is 0 Å². The number of halogens is 2. The number of hydrogen-bond donors (Lipinski definition) is 0. The second kappa shape index (κ2) is 7.15. The lowest BCUT2D eigenvalue weighted by Gasteiger charge is -2.39. The number of pyridine rings is 1. The van der Waals surface area contributed by atoms with E-state index in [-0.39, 0.29) is 34.6 Å². The highest BCUT2D eigenvalue weighted by atomic mass is 19.1. The van der Waals surface area contributed by atoms with Gasteiger partial charge in [-0.25, -0.2) is 8.78 Å². The molecule has 140 valence electrons. The molecule has 0 saturated carbocycles. The number of benzene rings is 1. The maximum atomic E-state index is 15.4. The van der Waals surface area contributed by atoms with Crippen molar-refractivity contribution in [2.45, 2.75) is 32.9 Å². The minimum atomic E-state index is -0.741. The number of aldehydes is 1. The molecule has 26 heavy (non-hydrogen) atoms. The van der Waals surface area contributed by atoms with Crippen LogP contribution < -0.4 is 10.3 Å². The van der Waals surface area contributed by atoms with Gasteiger partial charge in [0.1, 0.15) is 17.8 Å². The number of carbonyl (C=O) groups is 1. The van der Waals surface area contributed by atoms with Crippen molar-refractivity contribution in [3.63, 3.8) is 0 Å². The summed E-state index contributed by atoms with van der Waals surface area (Å²) < 4.78 is 31.7. The van der Waals surface area contributed by atoms with Crippen molar-refractivity contribution >= 4 is 22.9 Å². The molecule has 1 unspecified atom stereocenters. The summed E-state index contributed by atoms with van der Waals surface area (Å²) in [6, 6.07) is 1.28. The summed E-state index contributed by atoms with van der Waals surface area (Å²) in [4.78, 5) is 27.2. The third-order valence-electron chi connectivity index (χ3n) is 5.22. The molecule has 1 fully saturated rings. The lowest BCUT2D eigenvalue weighted by molar-refractivity contribution is -0.107. The maximum Gasteiger partial charge on any atom is 0.193 e. The van der Waals surface area contributed by atoms with E-state index in [1.165, 1.54) is 6.20 Å². The van der Waals surface area contributed by atoms with E-state index in [1.54, 1.807) is 9.47 Å². The van der Waals surface area contributed by atoms with Crippen molar-refractivity contribution in [3.05, 3.63) is 39.7 Å². The number of piperazine rings is 1. The molecule has 0 spiro atoms. The van der Waals surface area contributed by atoms with Gasteiger partial charge in [0.2, 0.25) is 0 Å². The van der Waals surface area contributed by atoms with E-state index in [1.807, 2.05) is 20.9 Å². The van der Waals surface area contributed by atoms with Gasteiger partial charge in [-0.3, -0.25) is 4.79 Å². The molecular formula is C19H23F2N3O2. The fourth-order valence-corrected chi connectivity index (χ4v) is 3.56. The normalized spacial score (nSPS) is 18.5. The third-order valence-corrected chi connectivity index (χ3v) is 5.22. The molecule has 1 aromatic heterocycles. The van der Waals surface area contributed by atoms with Crippen LogP contribution in [-0.2, 0) is 17.8 Å². The van der Waals surface area contributed by atoms with Crippen molar-refractivity contribution in [1.29, 1.82) is 0 Å². The smallest absolute Gasteiger partial charge is 0.193 e. The second-order valence-electron chi connectivity index (χ2n) is 6.83. The van der Waals surface area contributed by atoms with Gasteiger partial charge in [0, 0.05) is 50.4 Å². The predicted molar refractivity (Wildman–Crippen MR) is 97.9 cm³/mol. The van der Waals surface area contributed by atoms with Crippen LogP contribution in [-0.4, -0.2) is 48.5 Å². The van der Waals surface area contributed by atoms with E-state index < -0.39 is 17.1 Å². The SMILES string of the molecule is CCn1cc(CC=O)c(=O)c2cc(F)c(N3CCN(C)C(C)C3)c(F)c21. The van der Waals surface area contributed by atoms with Gasteiger partial charge in [-0.2, -0.15) is 0 Å². The van der Waals surface area contributed by atoms with Gasteiger partial charge in [-0.05, 0) is 27.0 Å². The number of hydrogen-bond acceptors (Lipinski definition) is 4. The fraction of sp³-hybridized carbons (Fsp3) is 0.474. The molecule has 0 radical (unpaired) electrons. The lowest BCUT2D eigenvalue weighted by atomic mass is 10.1.